The normalized spacial score (nSPS) is 13.4. The molecular formula is C19H33N3O4S. The van der Waals surface area contributed by atoms with Crippen molar-refractivity contribution in [1.82, 2.24) is 10.6 Å². The summed E-state index contributed by atoms with van der Waals surface area (Å²) in [6.45, 7) is 6.97. The molecule has 1 aromatic rings. The molecule has 1 unspecified atom stereocenters. The van der Waals surface area contributed by atoms with Crippen molar-refractivity contribution in [1.29, 1.82) is 0 Å². The zero-order valence-electron chi connectivity index (χ0n) is 16.8. The van der Waals surface area contributed by atoms with Gasteiger partial charge in [-0.2, -0.15) is 0 Å². The lowest BCUT2D eigenvalue weighted by Crippen LogP contribution is -2.42. The van der Waals surface area contributed by atoms with Gasteiger partial charge in [0.15, 0.2) is 5.96 Å². The van der Waals surface area contributed by atoms with E-state index in [1.165, 1.54) is 6.26 Å². The molecule has 1 rings (SSSR count). The number of benzene rings is 1. The molecule has 0 amide bonds. The maximum absolute atomic E-state index is 11.3. The van der Waals surface area contributed by atoms with E-state index in [1.54, 1.807) is 7.05 Å². The maximum Gasteiger partial charge on any atom is 0.191 e. The Morgan fingerprint density at radius 3 is 2.59 bits per heavy atom. The number of ether oxygens (including phenoxy) is 2. The van der Waals surface area contributed by atoms with E-state index in [2.05, 4.69) is 21.7 Å². The zero-order valence-corrected chi connectivity index (χ0v) is 17.6. The summed E-state index contributed by atoms with van der Waals surface area (Å²) < 4.78 is 33.4. The molecule has 2 N–H and O–H groups in total. The minimum Gasteiger partial charge on any atom is -0.379 e. The topological polar surface area (TPSA) is 89.0 Å². The van der Waals surface area contributed by atoms with E-state index in [-0.39, 0.29) is 11.8 Å². The SMILES string of the molecule is CCOCCOCc1cccc(CNC(=NC)NC(C)CCS(C)(=O)=O)c1. The van der Waals surface area contributed by atoms with Crippen LogP contribution in [0.5, 0.6) is 0 Å². The number of hydrogen-bond donors (Lipinski definition) is 2. The Kier molecular flexibility index (Phi) is 11.0. The third-order valence-corrected chi connectivity index (χ3v) is 4.80. The first-order valence-corrected chi connectivity index (χ1v) is 11.3. The zero-order chi connectivity index (χ0) is 20.1. The van der Waals surface area contributed by atoms with Crippen molar-refractivity contribution in [3.63, 3.8) is 0 Å². The minimum absolute atomic E-state index is 0.0102. The van der Waals surface area contributed by atoms with Gasteiger partial charge in [-0.1, -0.05) is 24.3 Å². The van der Waals surface area contributed by atoms with Crippen molar-refractivity contribution >= 4 is 15.8 Å². The second-order valence-corrected chi connectivity index (χ2v) is 8.72. The lowest BCUT2D eigenvalue weighted by Gasteiger charge is -2.18. The van der Waals surface area contributed by atoms with E-state index in [0.717, 1.165) is 11.1 Å². The Labute approximate surface area is 163 Å². The van der Waals surface area contributed by atoms with Gasteiger partial charge >= 0.3 is 0 Å². The summed E-state index contributed by atoms with van der Waals surface area (Å²) in [5, 5.41) is 6.47. The van der Waals surface area contributed by atoms with Crippen molar-refractivity contribution in [2.45, 2.75) is 39.5 Å². The highest BCUT2D eigenvalue weighted by atomic mass is 32.2. The number of sulfone groups is 1. The van der Waals surface area contributed by atoms with Crippen LogP contribution in [0.3, 0.4) is 0 Å². The van der Waals surface area contributed by atoms with Crippen LogP contribution in [0.4, 0.5) is 0 Å². The van der Waals surface area contributed by atoms with Crippen LogP contribution < -0.4 is 10.6 Å². The van der Waals surface area contributed by atoms with E-state index >= 15 is 0 Å². The monoisotopic (exact) mass is 399 g/mol. The van der Waals surface area contributed by atoms with Gasteiger partial charge < -0.3 is 20.1 Å². The predicted octanol–water partition coefficient (Wildman–Crippen LogP) is 1.73. The molecule has 0 aliphatic rings. The molecule has 0 aliphatic heterocycles. The molecule has 0 aliphatic carbocycles. The molecule has 0 saturated heterocycles. The summed E-state index contributed by atoms with van der Waals surface area (Å²) in [6, 6.07) is 8.18. The molecule has 7 nitrogen and oxygen atoms in total. The van der Waals surface area contributed by atoms with Crippen molar-refractivity contribution in [3.8, 4) is 0 Å². The molecule has 0 aromatic heterocycles. The van der Waals surface area contributed by atoms with Gasteiger partial charge in [0.2, 0.25) is 0 Å². The largest absolute Gasteiger partial charge is 0.379 e. The van der Waals surface area contributed by atoms with Gasteiger partial charge in [0.25, 0.3) is 0 Å². The minimum atomic E-state index is -2.95. The smallest absolute Gasteiger partial charge is 0.191 e. The Morgan fingerprint density at radius 2 is 1.93 bits per heavy atom. The van der Waals surface area contributed by atoms with Crippen molar-refractivity contribution in [2.24, 2.45) is 4.99 Å². The third-order valence-electron chi connectivity index (χ3n) is 3.82. The molecule has 1 atom stereocenters. The number of hydrogen-bond acceptors (Lipinski definition) is 5. The number of rotatable bonds is 12. The van der Waals surface area contributed by atoms with E-state index in [4.69, 9.17) is 9.47 Å². The fourth-order valence-corrected chi connectivity index (χ4v) is 3.14. The van der Waals surface area contributed by atoms with E-state index in [9.17, 15) is 8.42 Å². The molecule has 154 valence electrons. The molecule has 0 saturated carbocycles. The average Bonchev–Trinajstić information content (AvgIpc) is 2.63. The second-order valence-electron chi connectivity index (χ2n) is 6.46. The Bertz CT molecular complexity index is 677. The van der Waals surface area contributed by atoms with Gasteiger partial charge in [0.1, 0.15) is 9.84 Å². The first kappa shape index (κ1) is 23.4. The van der Waals surface area contributed by atoms with Crippen LogP contribution >= 0.6 is 0 Å². The standard InChI is InChI=1S/C19H33N3O4S/c1-5-25-10-11-26-15-18-8-6-7-17(13-18)14-21-19(20-3)22-16(2)9-12-27(4,23)24/h6-8,13,16H,5,9-12,14-15H2,1-4H3,(H2,20,21,22). The molecule has 8 heteroatoms. The summed E-state index contributed by atoms with van der Waals surface area (Å²) in [5.41, 5.74) is 2.22. The van der Waals surface area contributed by atoms with Gasteiger partial charge in [-0.25, -0.2) is 8.42 Å². The van der Waals surface area contributed by atoms with Crippen molar-refractivity contribution < 1.29 is 17.9 Å². The van der Waals surface area contributed by atoms with Crippen LogP contribution in [0.25, 0.3) is 0 Å². The van der Waals surface area contributed by atoms with Crippen LogP contribution in [0.15, 0.2) is 29.3 Å². The maximum atomic E-state index is 11.3. The van der Waals surface area contributed by atoms with Gasteiger partial charge in [-0.15, -0.1) is 0 Å². The summed E-state index contributed by atoms with van der Waals surface area (Å²) in [6.07, 6.45) is 1.79. The molecule has 0 radical (unpaired) electrons. The lowest BCUT2D eigenvalue weighted by molar-refractivity contribution is 0.0453. The van der Waals surface area contributed by atoms with Crippen molar-refractivity contribution in [3.05, 3.63) is 35.4 Å². The number of nitrogens with one attached hydrogen (secondary N) is 2. The summed E-state index contributed by atoms with van der Waals surface area (Å²) >= 11 is 0. The highest BCUT2D eigenvalue weighted by molar-refractivity contribution is 7.90. The Morgan fingerprint density at radius 1 is 1.22 bits per heavy atom. The van der Waals surface area contributed by atoms with Crippen LogP contribution in [0.2, 0.25) is 0 Å². The van der Waals surface area contributed by atoms with Crippen LogP contribution in [0.1, 0.15) is 31.4 Å². The van der Waals surface area contributed by atoms with Gasteiger partial charge in [0.05, 0.1) is 25.6 Å². The van der Waals surface area contributed by atoms with Gasteiger partial charge in [-0.3, -0.25) is 4.99 Å². The summed E-state index contributed by atoms with van der Waals surface area (Å²) in [7, 11) is -1.26. The second kappa shape index (κ2) is 12.7. The fourth-order valence-electron chi connectivity index (χ4n) is 2.36. The van der Waals surface area contributed by atoms with Gasteiger partial charge in [-0.05, 0) is 31.4 Å². The van der Waals surface area contributed by atoms with E-state index in [0.29, 0.717) is 45.4 Å². The molecule has 0 bridgehead atoms. The summed E-state index contributed by atoms with van der Waals surface area (Å²) in [4.78, 5) is 4.19. The van der Waals surface area contributed by atoms with E-state index < -0.39 is 9.84 Å². The molecule has 27 heavy (non-hydrogen) atoms. The molecule has 0 spiro atoms. The predicted molar refractivity (Wildman–Crippen MR) is 110 cm³/mol. The highest BCUT2D eigenvalue weighted by Crippen LogP contribution is 2.07. The Hall–Kier alpha value is -1.64. The van der Waals surface area contributed by atoms with Gasteiger partial charge in [0, 0.05) is 32.5 Å². The van der Waals surface area contributed by atoms with Crippen molar-refractivity contribution in [2.75, 3.05) is 38.9 Å². The summed E-state index contributed by atoms with van der Waals surface area (Å²) in [5.74, 6) is 0.804. The number of nitrogens with zero attached hydrogens (tertiary/aromatic N) is 1. The fraction of sp³-hybridized carbons (Fsp3) is 0.632. The average molecular weight is 400 g/mol. The van der Waals surface area contributed by atoms with E-state index in [1.807, 2.05) is 32.0 Å². The molecule has 1 aromatic carbocycles. The third kappa shape index (κ3) is 11.6. The first-order chi connectivity index (χ1) is 12.8. The Balaban J connectivity index is 2.42. The highest BCUT2D eigenvalue weighted by Gasteiger charge is 2.09. The molecule has 0 fully saturated rings. The van der Waals surface area contributed by atoms with Crippen LogP contribution in [-0.4, -0.2) is 59.3 Å². The van der Waals surface area contributed by atoms with Crippen LogP contribution in [0, 0.1) is 0 Å². The lowest BCUT2D eigenvalue weighted by atomic mass is 10.1. The number of guanidine groups is 1. The number of aliphatic imine (C=N–C) groups is 1. The van der Waals surface area contributed by atoms with Crippen LogP contribution in [-0.2, 0) is 32.5 Å². The molecular weight excluding hydrogens is 366 g/mol. The quantitative estimate of drug-likeness (QED) is 0.316. The molecule has 0 heterocycles. The first-order valence-electron chi connectivity index (χ1n) is 9.22.